The summed E-state index contributed by atoms with van der Waals surface area (Å²) in [4.78, 5) is 2.53. The SMILES string of the molecule is CC1CCCN(CCC(O)C(C)(C)C)CC1. The van der Waals surface area contributed by atoms with Gasteiger partial charge in [-0.3, -0.25) is 0 Å². The minimum atomic E-state index is -0.173. The van der Waals surface area contributed by atoms with Crippen molar-refractivity contribution in [1.82, 2.24) is 4.90 Å². The molecule has 2 atom stereocenters. The Morgan fingerprint density at radius 2 is 1.94 bits per heavy atom. The van der Waals surface area contributed by atoms with Crippen LogP contribution in [0.4, 0.5) is 0 Å². The van der Waals surface area contributed by atoms with E-state index in [0.29, 0.717) is 0 Å². The van der Waals surface area contributed by atoms with E-state index in [-0.39, 0.29) is 11.5 Å². The fourth-order valence-corrected chi connectivity index (χ4v) is 2.28. The summed E-state index contributed by atoms with van der Waals surface area (Å²) in [6, 6.07) is 0. The highest BCUT2D eigenvalue weighted by atomic mass is 16.3. The molecule has 1 aliphatic rings. The number of nitrogens with zero attached hydrogens (tertiary/aromatic N) is 1. The lowest BCUT2D eigenvalue weighted by molar-refractivity contribution is 0.0458. The predicted molar refractivity (Wildman–Crippen MR) is 69.5 cm³/mol. The Balaban J connectivity index is 2.27. The highest BCUT2D eigenvalue weighted by Gasteiger charge is 2.23. The molecule has 2 unspecified atom stereocenters. The molecule has 1 heterocycles. The van der Waals surface area contributed by atoms with E-state index >= 15 is 0 Å². The summed E-state index contributed by atoms with van der Waals surface area (Å²) >= 11 is 0. The number of aliphatic hydroxyl groups excluding tert-OH is 1. The highest BCUT2D eigenvalue weighted by molar-refractivity contribution is 4.75. The summed E-state index contributed by atoms with van der Waals surface area (Å²) in [5.41, 5.74) is 0.0269. The van der Waals surface area contributed by atoms with Gasteiger partial charge >= 0.3 is 0 Å². The minimum absolute atomic E-state index is 0.0269. The van der Waals surface area contributed by atoms with Crippen LogP contribution in [0.2, 0.25) is 0 Å². The van der Waals surface area contributed by atoms with E-state index in [9.17, 15) is 5.11 Å². The Morgan fingerprint density at radius 1 is 1.25 bits per heavy atom. The van der Waals surface area contributed by atoms with Gasteiger partial charge in [-0.25, -0.2) is 0 Å². The van der Waals surface area contributed by atoms with Gasteiger partial charge in [0.2, 0.25) is 0 Å². The van der Waals surface area contributed by atoms with Gasteiger partial charge in [-0.2, -0.15) is 0 Å². The largest absolute Gasteiger partial charge is 0.393 e. The third kappa shape index (κ3) is 4.84. The smallest absolute Gasteiger partial charge is 0.0600 e. The molecule has 1 fully saturated rings. The fraction of sp³-hybridized carbons (Fsp3) is 1.00. The van der Waals surface area contributed by atoms with E-state index in [2.05, 4.69) is 32.6 Å². The first-order valence-corrected chi connectivity index (χ1v) is 6.80. The second-order valence-electron chi connectivity index (χ2n) is 6.55. The number of aliphatic hydroxyl groups is 1. The second kappa shape index (κ2) is 6.02. The lowest BCUT2D eigenvalue weighted by atomic mass is 9.87. The van der Waals surface area contributed by atoms with Crippen LogP contribution in [0, 0.1) is 11.3 Å². The number of rotatable bonds is 3. The Morgan fingerprint density at radius 3 is 2.56 bits per heavy atom. The van der Waals surface area contributed by atoms with Crippen molar-refractivity contribution in [3.8, 4) is 0 Å². The molecule has 96 valence electrons. The highest BCUT2D eigenvalue weighted by Crippen LogP contribution is 2.22. The van der Waals surface area contributed by atoms with Crippen LogP contribution < -0.4 is 0 Å². The van der Waals surface area contributed by atoms with Gasteiger partial charge in [-0.05, 0) is 50.1 Å². The molecule has 0 aromatic heterocycles. The fourth-order valence-electron chi connectivity index (χ4n) is 2.28. The maximum Gasteiger partial charge on any atom is 0.0600 e. The van der Waals surface area contributed by atoms with E-state index in [1.807, 2.05) is 0 Å². The molecule has 2 heteroatoms. The molecule has 0 spiro atoms. The lowest BCUT2D eigenvalue weighted by Crippen LogP contribution is -2.33. The molecule has 16 heavy (non-hydrogen) atoms. The molecule has 0 aromatic rings. The molecule has 2 nitrogen and oxygen atoms in total. The number of hydrogen-bond donors (Lipinski definition) is 1. The van der Waals surface area contributed by atoms with Crippen molar-refractivity contribution in [2.24, 2.45) is 11.3 Å². The standard InChI is InChI=1S/C14H29NO/c1-12-6-5-9-15(10-7-12)11-8-13(16)14(2,3)4/h12-13,16H,5-11H2,1-4H3. The van der Waals surface area contributed by atoms with Crippen molar-refractivity contribution in [2.45, 2.75) is 59.5 Å². The Kier molecular flexibility index (Phi) is 5.26. The van der Waals surface area contributed by atoms with E-state index < -0.39 is 0 Å². The zero-order valence-electron chi connectivity index (χ0n) is 11.5. The minimum Gasteiger partial charge on any atom is -0.393 e. The molecule has 0 aromatic carbocycles. The van der Waals surface area contributed by atoms with E-state index in [0.717, 1.165) is 18.9 Å². The molecule has 1 aliphatic heterocycles. The molecule has 1 N–H and O–H groups in total. The quantitative estimate of drug-likeness (QED) is 0.801. The Bertz CT molecular complexity index is 197. The van der Waals surface area contributed by atoms with Crippen LogP contribution in [-0.2, 0) is 0 Å². The van der Waals surface area contributed by atoms with Crippen LogP contribution in [0.1, 0.15) is 53.4 Å². The van der Waals surface area contributed by atoms with Gasteiger partial charge in [0.25, 0.3) is 0 Å². The maximum absolute atomic E-state index is 10.0. The second-order valence-corrected chi connectivity index (χ2v) is 6.55. The van der Waals surface area contributed by atoms with Crippen molar-refractivity contribution in [3.05, 3.63) is 0 Å². The third-order valence-electron chi connectivity index (χ3n) is 3.83. The van der Waals surface area contributed by atoms with Crippen molar-refractivity contribution in [1.29, 1.82) is 0 Å². The van der Waals surface area contributed by atoms with E-state index in [4.69, 9.17) is 0 Å². The topological polar surface area (TPSA) is 23.5 Å². The molecule has 0 aliphatic carbocycles. The van der Waals surface area contributed by atoms with Crippen molar-refractivity contribution < 1.29 is 5.11 Å². The van der Waals surface area contributed by atoms with Crippen LogP contribution in [0.3, 0.4) is 0 Å². The van der Waals surface area contributed by atoms with E-state index in [1.54, 1.807) is 0 Å². The van der Waals surface area contributed by atoms with Crippen LogP contribution in [0.15, 0.2) is 0 Å². The molecule has 0 saturated carbocycles. The first-order chi connectivity index (χ1) is 7.39. The summed E-state index contributed by atoms with van der Waals surface area (Å²) < 4.78 is 0. The summed E-state index contributed by atoms with van der Waals surface area (Å²) in [7, 11) is 0. The summed E-state index contributed by atoms with van der Waals surface area (Å²) in [5.74, 6) is 0.887. The Hall–Kier alpha value is -0.0800. The van der Waals surface area contributed by atoms with Gasteiger partial charge in [0, 0.05) is 6.54 Å². The monoisotopic (exact) mass is 227 g/mol. The summed E-state index contributed by atoms with van der Waals surface area (Å²) in [6.45, 7) is 12.2. The van der Waals surface area contributed by atoms with Gasteiger partial charge < -0.3 is 10.0 Å². The first kappa shape index (κ1) is 14.0. The van der Waals surface area contributed by atoms with Crippen molar-refractivity contribution in [2.75, 3.05) is 19.6 Å². The van der Waals surface area contributed by atoms with Crippen LogP contribution in [-0.4, -0.2) is 35.7 Å². The maximum atomic E-state index is 10.0. The predicted octanol–water partition coefficient (Wildman–Crippen LogP) is 2.91. The van der Waals surface area contributed by atoms with Gasteiger partial charge in [0.05, 0.1) is 6.10 Å². The molecular formula is C14H29NO. The van der Waals surface area contributed by atoms with Crippen LogP contribution in [0.25, 0.3) is 0 Å². The lowest BCUT2D eigenvalue weighted by Gasteiger charge is -2.28. The zero-order chi connectivity index (χ0) is 12.2. The normalized spacial score (nSPS) is 26.4. The number of hydrogen-bond acceptors (Lipinski definition) is 2. The average Bonchev–Trinajstić information content (AvgIpc) is 2.38. The average molecular weight is 227 g/mol. The van der Waals surface area contributed by atoms with E-state index in [1.165, 1.54) is 32.4 Å². The van der Waals surface area contributed by atoms with Gasteiger partial charge in [-0.15, -0.1) is 0 Å². The van der Waals surface area contributed by atoms with Crippen LogP contribution >= 0.6 is 0 Å². The number of likely N-dealkylation sites (tertiary alicyclic amines) is 1. The molecule has 0 bridgehead atoms. The van der Waals surface area contributed by atoms with Gasteiger partial charge in [0.15, 0.2) is 0 Å². The third-order valence-corrected chi connectivity index (χ3v) is 3.83. The van der Waals surface area contributed by atoms with Gasteiger partial charge in [-0.1, -0.05) is 27.7 Å². The van der Waals surface area contributed by atoms with Crippen LogP contribution in [0.5, 0.6) is 0 Å². The first-order valence-electron chi connectivity index (χ1n) is 6.80. The molecule has 0 amide bonds. The molecular weight excluding hydrogens is 198 g/mol. The zero-order valence-corrected chi connectivity index (χ0v) is 11.5. The Labute approximate surface area is 101 Å². The molecule has 0 radical (unpaired) electrons. The molecule has 1 rings (SSSR count). The van der Waals surface area contributed by atoms with Crippen molar-refractivity contribution in [3.63, 3.8) is 0 Å². The molecule has 1 saturated heterocycles. The summed E-state index contributed by atoms with van der Waals surface area (Å²) in [6.07, 6.45) is 4.77. The summed E-state index contributed by atoms with van der Waals surface area (Å²) in [5, 5.41) is 10.0. The van der Waals surface area contributed by atoms with Gasteiger partial charge in [0.1, 0.15) is 0 Å². The van der Waals surface area contributed by atoms with Crippen molar-refractivity contribution >= 4 is 0 Å².